The molecule has 0 saturated carbocycles. The molecule has 1 aliphatic rings. The molecule has 6 heteroatoms. The molecule has 0 radical (unpaired) electrons. The van der Waals surface area contributed by atoms with Crippen LogP contribution in [0, 0.1) is 6.92 Å². The van der Waals surface area contributed by atoms with E-state index in [1.54, 1.807) is 0 Å². The van der Waals surface area contributed by atoms with Crippen LogP contribution in [0.15, 0.2) is 64.8 Å². The molecule has 1 atom stereocenters. The molecule has 5 rings (SSSR count). The van der Waals surface area contributed by atoms with Crippen LogP contribution in [0.3, 0.4) is 0 Å². The molecule has 1 saturated heterocycles. The summed E-state index contributed by atoms with van der Waals surface area (Å²) >= 11 is 1.46. The van der Waals surface area contributed by atoms with Crippen LogP contribution < -0.4 is 15.4 Å². The summed E-state index contributed by atoms with van der Waals surface area (Å²) in [5.41, 5.74) is 5.36. The van der Waals surface area contributed by atoms with Gasteiger partial charge in [0.2, 0.25) is 5.95 Å². The fourth-order valence-corrected chi connectivity index (χ4v) is 5.14. The third-order valence-electron chi connectivity index (χ3n) is 5.76. The quantitative estimate of drug-likeness (QED) is 0.527. The van der Waals surface area contributed by atoms with Gasteiger partial charge in [0.1, 0.15) is 4.70 Å². The first-order valence-corrected chi connectivity index (χ1v) is 11.1. The highest BCUT2D eigenvalue weighted by molar-refractivity contribution is 7.17. The van der Waals surface area contributed by atoms with Crippen molar-refractivity contribution in [1.29, 1.82) is 0 Å². The molecule has 4 aromatic rings. The van der Waals surface area contributed by atoms with Gasteiger partial charge in [0.25, 0.3) is 5.56 Å². The number of nitrogens with zero attached hydrogens (tertiary/aromatic N) is 3. The highest BCUT2D eigenvalue weighted by atomic mass is 32.1. The molecular weight excluding hydrogens is 392 g/mol. The zero-order valence-electron chi connectivity index (χ0n) is 17.1. The second kappa shape index (κ2) is 7.61. The van der Waals surface area contributed by atoms with Crippen molar-refractivity contribution in [2.24, 2.45) is 0 Å². The van der Waals surface area contributed by atoms with Crippen molar-refractivity contribution in [3.63, 3.8) is 0 Å². The molecule has 30 heavy (non-hydrogen) atoms. The normalized spacial score (nSPS) is 16.9. The number of benzene rings is 2. The molecule has 2 aromatic heterocycles. The van der Waals surface area contributed by atoms with Gasteiger partial charge in [0.05, 0.1) is 5.52 Å². The number of nitrogens with one attached hydrogen (secondary N) is 1. The number of hydrogen-bond acceptors (Lipinski definition) is 5. The molecule has 2 aromatic carbocycles. The average Bonchev–Trinajstić information content (AvgIpc) is 3.19. The van der Waals surface area contributed by atoms with Crippen molar-refractivity contribution in [3.8, 4) is 11.1 Å². The second-order valence-electron chi connectivity index (χ2n) is 7.91. The Morgan fingerprint density at radius 2 is 1.93 bits per heavy atom. The van der Waals surface area contributed by atoms with Gasteiger partial charge in [-0.25, -0.2) is 4.98 Å². The minimum atomic E-state index is -0.0593. The molecule has 1 fully saturated rings. The zero-order chi connectivity index (χ0) is 20.7. The van der Waals surface area contributed by atoms with Gasteiger partial charge in [-0.3, -0.25) is 9.78 Å². The molecule has 0 spiro atoms. The lowest BCUT2D eigenvalue weighted by molar-refractivity contribution is 0.543. The highest BCUT2D eigenvalue weighted by Crippen LogP contribution is 2.32. The van der Waals surface area contributed by atoms with Crippen LogP contribution in [0.1, 0.15) is 12.5 Å². The van der Waals surface area contributed by atoms with Crippen LogP contribution in [0.25, 0.3) is 21.3 Å². The Kier molecular flexibility index (Phi) is 4.79. The van der Waals surface area contributed by atoms with Crippen LogP contribution in [0.4, 0.5) is 11.6 Å². The number of fused-ring (bicyclic) bond motifs is 1. The van der Waals surface area contributed by atoms with Gasteiger partial charge in [0.15, 0.2) is 0 Å². The van der Waals surface area contributed by atoms with Crippen LogP contribution in [0.5, 0.6) is 0 Å². The van der Waals surface area contributed by atoms with Crippen molar-refractivity contribution < 1.29 is 0 Å². The van der Waals surface area contributed by atoms with Crippen molar-refractivity contribution in [3.05, 3.63) is 75.9 Å². The molecule has 1 N–H and O–H groups in total. The smallest absolute Gasteiger partial charge is 0.270 e. The van der Waals surface area contributed by atoms with Gasteiger partial charge >= 0.3 is 0 Å². The molecule has 152 valence electrons. The van der Waals surface area contributed by atoms with Crippen molar-refractivity contribution in [1.82, 2.24) is 9.97 Å². The fraction of sp³-hybridized carbons (Fsp3) is 0.250. The Labute approximate surface area is 179 Å². The first-order valence-electron chi connectivity index (χ1n) is 10.3. The summed E-state index contributed by atoms with van der Waals surface area (Å²) in [7, 11) is 0. The van der Waals surface area contributed by atoms with E-state index in [2.05, 4.69) is 65.0 Å². The summed E-state index contributed by atoms with van der Waals surface area (Å²) in [6.45, 7) is 6.87. The summed E-state index contributed by atoms with van der Waals surface area (Å²) in [6, 6.07) is 19.1. The Bertz CT molecular complexity index is 1250. The number of anilines is 2. The summed E-state index contributed by atoms with van der Waals surface area (Å²) in [6.07, 6.45) is 0. The number of thiophene rings is 1. The SMILES string of the molecule is Cc1cccc(N2CCN(c3nc4c(-c5ccccc5)csc4c(=O)[nH]3)C[C@@H]2C)c1. The van der Waals surface area contributed by atoms with Crippen molar-refractivity contribution in [2.45, 2.75) is 19.9 Å². The first-order chi connectivity index (χ1) is 14.6. The van der Waals surface area contributed by atoms with E-state index in [-0.39, 0.29) is 5.56 Å². The topological polar surface area (TPSA) is 52.2 Å². The maximum Gasteiger partial charge on any atom is 0.270 e. The summed E-state index contributed by atoms with van der Waals surface area (Å²) in [5.74, 6) is 0.666. The molecule has 0 amide bonds. The number of H-pyrrole nitrogens is 1. The number of aryl methyl sites for hydroxylation is 1. The minimum Gasteiger partial charge on any atom is -0.365 e. The Morgan fingerprint density at radius 1 is 1.10 bits per heavy atom. The number of piperazine rings is 1. The second-order valence-corrected chi connectivity index (χ2v) is 8.79. The standard InChI is InChI=1S/C24H24N4OS/c1-16-7-6-10-19(13-16)28-12-11-27(14-17(28)2)24-25-21-20(18-8-4-3-5-9-18)15-30-22(21)23(29)26-24/h3-10,13,15,17H,11-12,14H2,1-2H3,(H,25,26,29)/t17-/m0/s1. The lowest BCUT2D eigenvalue weighted by Gasteiger charge is -2.41. The van der Waals surface area contributed by atoms with Crippen LogP contribution in [-0.4, -0.2) is 35.6 Å². The number of rotatable bonds is 3. The monoisotopic (exact) mass is 416 g/mol. The lowest BCUT2D eigenvalue weighted by atomic mass is 10.1. The van der Waals surface area contributed by atoms with Gasteiger partial charge in [-0.1, -0.05) is 42.5 Å². The zero-order valence-corrected chi connectivity index (χ0v) is 17.9. The van der Waals surface area contributed by atoms with E-state index in [0.29, 0.717) is 16.7 Å². The molecule has 1 aliphatic heterocycles. The maximum absolute atomic E-state index is 12.8. The van der Waals surface area contributed by atoms with E-state index >= 15 is 0 Å². The van der Waals surface area contributed by atoms with Crippen molar-refractivity contribution >= 4 is 33.2 Å². The van der Waals surface area contributed by atoms with Gasteiger partial charge in [-0.05, 0) is 37.1 Å². The number of aromatic nitrogens is 2. The number of hydrogen-bond donors (Lipinski definition) is 1. The summed E-state index contributed by atoms with van der Waals surface area (Å²) in [5, 5.41) is 2.03. The van der Waals surface area contributed by atoms with E-state index in [4.69, 9.17) is 4.98 Å². The lowest BCUT2D eigenvalue weighted by Crippen LogP contribution is -2.52. The van der Waals surface area contributed by atoms with Crippen LogP contribution in [0.2, 0.25) is 0 Å². The molecular formula is C24H24N4OS. The van der Waals surface area contributed by atoms with Gasteiger partial charge < -0.3 is 9.80 Å². The largest absolute Gasteiger partial charge is 0.365 e. The van der Waals surface area contributed by atoms with E-state index in [1.807, 2.05) is 23.6 Å². The van der Waals surface area contributed by atoms with E-state index in [1.165, 1.54) is 22.6 Å². The summed E-state index contributed by atoms with van der Waals surface area (Å²) in [4.78, 5) is 25.3. The predicted molar refractivity (Wildman–Crippen MR) is 126 cm³/mol. The van der Waals surface area contributed by atoms with E-state index in [0.717, 1.165) is 36.3 Å². The minimum absolute atomic E-state index is 0.0593. The van der Waals surface area contributed by atoms with Gasteiger partial charge in [-0.2, -0.15) is 0 Å². The third kappa shape index (κ3) is 3.37. The molecule has 0 unspecified atom stereocenters. The Morgan fingerprint density at radius 3 is 2.70 bits per heavy atom. The van der Waals surface area contributed by atoms with Crippen LogP contribution >= 0.6 is 11.3 Å². The predicted octanol–water partition coefficient (Wildman–Crippen LogP) is 4.68. The van der Waals surface area contributed by atoms with Crippen molar-refractivity contribution in [2.75, 3.05) is 29.4 Å². The molecule has 5 nitrogen and oxygen atoms in total. The maximum atomic E-state index is 12.8. The van der Waals surface area contributed by atoms with Crippen LogP contribution in [-0.2, 0) is 0 Å². The van der Waals surface area contributed by atoms with Gasteiger partial charge in [-0.15, -0.1) is 11.3 Å². The first kappa shape index (κ1) is 18.9. The van der Waals surface area contributed by atoms with E-state index < -0.39 is 0 Å². The summed E-state index contributed by atoms with van der Waals surface area (Å²) < 4.78 is 0.684. The number of aromatic amines is 1. The Balaban J connectivity index is 1.46. The van der Waals surface area contributed by atoms with E-state index in [9.17, 15) is 4.79 Å². The molecule has 0 aliphatic carbocycles. The molecule has 3 heterocycles. The fourth-order valence-electron chi connectivity index (χ4n) is 4.23. The highest BCUT2D eigenvalue weighted by Gasteiger charge is 2.26. The third-order valence-corrected chi connectivity index (χ3v) is 6.73. The average molecular weight is 417 g/mol. The molecule has 0 bridgehead atoms. The van der Waals surface area contributed by atoms with Gasteiger partial charge in [0, 0.05) is 42.3 Å². The Hall–Kier alpha value is -3.12.